The molecule has 388 valence electrons. The Hall–Kier alpha value is -7.52. The average Bonchev–Trinajstić information content (AvgIpc) is 3.72. The van der Waals surface area contributed by atoms with Gasteiger partial charge >= 0.3 is 0 Å². The Bertz CT molecular complexity index is 2810. The normalized spacial score (nSPS) is 13.3. The standard InChI is InChI=1S/2C26H29ClFN7O2/c2*1-3-30-25(37)19-5-4-6-21(28)23(19)33-24-20(27)14-31-26(34-24)32-18-8-7-16-9-11-35(15-22(36)29-2)12-10-17(16)13-18/h2*4-8,13-14H,3,9-12,15H2,1-2H3,(H,29,36)(H,30,37)(H2,31,32,33,34). The minimum atomic E-state index is -0.607. The number of hydrogen-bond acceptors (Lipinski definition) is 14. The van der Waals surface area contributed by atoms with E-state index in [4.69, 9.17) is 23.2 Å². The fraction of sp³-hybridized carbons (Fsp3) is 0.308. The van der Waals surface area contributed by atoms with Crippen LogP contribution in [0.1, 0.15) is 56.8 Å². The van der Waals surface area contributed by atoms with Crippen LogP contribution in [0.25, 0.3) is 0 Å². The number of hydrogen-bond donors (Lipinski definition) is 8. The summed E-state index contributed by atoms with van der Waals surface area (Å²) in [4.78, 5) is 70.0. The molecule has 0 unspecified atom stereocenters. The quantitative estimate of drug-likeness (QED) is 0.0477. The second kappa shape index (κ2) is 25.9. The zero-order valence-corrected chi connectivity index (χ0v) is 42.9. The number of carbonyl (C=O) groups excluding carboxylic acids is 4. The lowest BCUT2D eigenvalue weighted by Gasteiger charge is -2.18. The molecule has 0 aliphatic carbocycles. The number of para-hydroxylation sites is 2. The third-order valence-corrected chi connectivity index (χ3v) is 12.7. The van der Waals surface area contributed by atoms with Gasteiger partial charge in [-0.1, -0.05) is 47.5 Å². The monoisotopic (exact) mass is 1050 g/mol. The van der Waals surface area contributed by atoms with Crippen LogP contribution in [0.4, 0.5) is 55.1 Å². The molecule has 0 bridgehead atoms. The molecule has 0 radical (unpaired) electrons. The van der Waals surface area contributed by atoms with Crippen LogP contribution in [-0.4, -0.2) is 120 Å². The summed E-state index contributed by atoms with van der Waals surface area (Å²) in [5, 5.41) is 23.1. The van der Waals surface area contributed by atoms with Gasteiger partial charge in [-0.25, -0.2) is 18.7 Å². The van der Waals surface area contributed by atoms with E-state index in [0.717, 1.165) is 63.2 Å². The molecule has 8 N–H and O–H groups in total. The number of rotatable bonds is 16. The molecule has 0 atom stereocenters. The first-order chi connectivity index (χ1) is 35.7. The maximum atomic E-state index is 14.7. The van der Waals surface area contributed by atoms with Gasteiger partial charge in [0, 0.05) is 64.7 Å². The average molecular weight is 1050 g/mol. The van der Waals surface area contributed by atoms with Crippen molar-refractivity contribution >= 4 is 93.1 Å². The van der Waals surface area contributed by atoms with Crippen molar-refractivity contribution in [1.82, 2.24) is 51.0 Å². The minimum absolute atomic E-state index is 0.00566. The highest BCUT2D eigenvalue weighted by Crippen LogP contribution is 2.32. The number of halogens is 4. The summed E-state index contributed by atoms with van der Waals surface area (Å²) < 4.78 is 29.3. The van der Waals surface area contributed by atoms with Gasteiger partial charge in [0.15, 0.2) is 11.6 Å². The van der Waals surface area contributed by atoms with E-state index >= 15 is 0 Å². The van der Waals surface area contributed by atoms with Gasteiger partial charge in [-0.2, -0.15) is 9.97 Å². The summed E-state index contributed by atoms with van der Waals surface area (Å²) in [7, 11) is 3.29. The molecule has 8 rings (SSSR count). The highest BCUT2D eigenvalue weighted by atomic mass is 35.5. The third kappa shape index (κ3) is 14.4. The lowest BCUT2D eigenvalue weighted by molar-refractivity contribution is -0.122. The van der Waals surface area contributed by atoms with Gasteiger partial charge in [0.1, 0.15) is 21.7 Å². The SMILES string of the molecule is CCNC(=O)c1cccc(F)c1Nc1nc(Nc2ccc3c(c2)CCN(CC(=O)NC)CC3)ncc1Cl.CCNC(=O)c1cccc(F)c1Nc1nc(Nc2ccc3c(c2)CCN(CC(=O)NC)CC3)ncc1Cl. The van der Waals surface area contributed by atoms with Crippen molar-refractivity contribution in [3.05, 3.63) is 140 Å². The molecule has 2 aliphatic rings. The molecule has 0 spiro atoms. The van der Waals surface area contributed by atoms with Crippen molar-refractivity contribution in [1.29, 1.82) is 0 Å². The minimum Gasteiger partial charge on any atom is -0.358 e. The Labute approximate surface area is 437 Å². The maximum absolute atomic E-state index is 14.7. The lowest BCUT2D eigenvalue weighted by Crippen LogP contribution is -2.37. The van der Waals surface area contributed by atoms with Crippen molar-refractivity contribution in [2.24, 2.45) is 0 Å². The second-order valence-corrected chi connectivity index (χ2v) is 18.0. The summed E-state index contributed by atoms with van der Waals surface area (Å²) in [6.07, 6.45) is 6.15. The first-order valence-electron chi connectivity index (χ1n) is 24.1. The van der Waals surface area contributed by atoms with Crippen molar-refractivity contribution < 1.29 is 28.0 Å². The van der Waals surface area contributed by atoms with E-state index in [1.165, 1.54) is 71.0 Å². The second-order valence-electron chi connectivity index (χ2n) is 17.2. The van der Waals surface area contributed by atoms with Gasteiger partial charge in [0.25, 0.3) is 11.8 Å². The zero-order valence-electron chi connectivity index (χ0n) is 41.4. The summed E-state index contributed by atoms with van der Waals surface area (Å²) in [6, 6.07) is 20.6. The molecular weight excluding hydrogens is 994 g/mol. The van der Waals surface area contributed by atoms with Gasteiger partial charge in [-0.3, -0.25) is 29.0 Å². The zero-order chi connectivity index (χ0) is 52.7. The lowest BCUT2D eigenvalue weighted by atomic mass is 10.0. The number of aromatic nitrogens is 4. The van der Waals surface area contributed by atoms with E-state index in [1.54, 1.807) is 27.9 Å². The van der Waals surface area contributed by atoms with Gasteiger partial charge in [0.2, 0.25) is 23.7 Å². The fourth-order valence-corrected chi connectivity index (χ4v) is 8.57. The van der Waals surface area contributed by atoms with Crippen LogP contribution >= 0.6 is 23.2 Å². The van der Waals surface area contributed by atoms with E-state index < -0.39 is 23.4 Å². The molecule has 6 aromatic rings. The van der Waals surface area contributed by atoms with Gasteiger partial charge in [-0.05, 0) is 110 Å². The predicted molar refractivity (Wildman–Crippen MR) is 285 cm³/mol. The summed E-state index contributed by atoms with van der Waals surface area (Å²) in [5.41, 5.74) is 6.68. The molecule has 0 saturated carbocycles. The molecule has 4 amide bonds. The molecule has 4 heterocycles. The van der Waals surface area contributed by atoms with E-state index in [0.29, 0.717) is 26.2 Å². The first kappa shape index (κ1) is 54.3. The Kier molecular flexibility index (Phi) is 19.0. The number of carbonyl (C=O) groups is 4. The molecule has 0 saturated heterocycles. The number of anilines is 8. The maximum Gasteiger partial charge on any atom is 0.253 e. The number of amides is 4. The number of likely N-dealkylation sites (N-methyl/N-ethyl adjacent to an activating group) is 2. The number of benzene rings is 4. The Morgan fingerprint density at radius 3 is 1.32 bits per heavy atom. The summed E-state index contributed by atoms with van der Waals surface area (Å²) in [5.74, 6) is -1.18. The van der Waals surface area contributed by atoms with Crippen molar-refractivity contribution in [3.63, 3.8) is 0 Å². The highest BCUT2D eigenvalue weighted by molar-refractivity contribution is 6.33. The van der Waals surface area contributed by atoms with Crippen LogP contribution in [0.5, 0.6) is 0 Å². The van der Waals surface area contributed by atoms with E-state index in [-0.39, 0.29) is 67.9 Å². The highest BCUT2D eigenvalue weighted by Gasteiger charge is 2.22. The van der Waals surface area contributed by atoms with Gasteiger partial charge in [-0.15, -0.1) is 0 Å². The molecule has 2 aromatic heterocycles. The Balaban J connectivity index is 0.000000216. The molecule has 22 heteroatoms. The van der Waals surface area contributed by atoms with Gasteiger partial charge < -0.3 is 42.5 Å². The number of nitrogens with one attached hydrogen (secondary N) is 8. The third-order valence-electron chi connectivity index (χ3n) is 12.2. The molecular formula is C52H58Cl2F2N14O4. The van der Waals surface area contributed by atoms with Crippen molar-refractivity contribution in [2.75, 3.05) is 87.7 Å². The summed E-state index contributed by atoms with van der Waals surface area (Å²) in [6.45, 7) is 8.35. The number of fused-ring (bicyclic) bond motifs is 2. The summed E-state index contributed by atoms with van der Waals surface area (Å²) >= 11 is 12.6. The topological polar surface area (TPSA) is 223 Å². The van der Waals surface area contributed by atoms with Crippen LogP contribution in [0.15, 0.2) is 85.2 Å². The van der Waals surface area contributed by atoms with Crippen molar-refractivity contribution in [2.45, 2.75) is 39.5 Å². The largest absolute Gasteiger partial charge is 0.358 e. The molecule has 2 aliphatic heterocycles. The van der Waals surface area contributed by atoms with Crippen LogP contribution < -0.4 is 42.5 Å². The molecule has 4 aromatic carbocycles. The molecule has 18 nitrogen and oxygen atoms in total. The van der Waals surface area contributed by atoms with E-state index in [1.807, 2.05) is 24.3 Å². The molecule has 0 fully saturated rings. The van der Waals surface area contributed by atoms with Crippen LogP contribution in [0, 0.1) is 11.6 Å². The van der Waals surface area contributed by atoms with Crippen LogP contribution in [0.2, 0.25) is 10.0 Å². The van der Waals surface area contributed by atoms with Crippen LogP contribution in [-0.2, 0) is 35.3 Å². The first-order valence-corrected chi connectivity index (χ1v) is 24.9. The smallest absolute Gasteiger partial charge is 0.253 e. The van der Waals surface area contributed by atoms with Crippen molar-refractivity contribution in [3.8, 4) is 0 Å². The Morgan fingerprint density at radius 1 is 0.554 bits per heavy atom. The molecule has 74 heavy (non-hydrogen) atoms. The van der Waals surface area contributed by atoms with E-state index in [2.05, 4.69) is 84.4 Å². The van der Waals surface area contributed by atoms with E-state index in [9.17, 15) is 28.0 Å². The number of nitrogens with zero attached hydrogens (tertiary/aromatic N) is 6. The fourth-order valence-electron chi connectivity index (χ4n) is 8.30. The van der Waals surface area contributed by atoms with Gasteiger partial charge in [0.05, 0.1) is 48.0 Å². The Morgan fingerprint density at radius 2 is 0.946 bits per heavy atom. The van der Waals surface area contributed by atoms with Crippen LogP contribution in [0.3, 0.4) is 0 Å². The predicted octanol–water partition coefficient (Wildman–Crippen LogP) is 7.31.